The number of hydrogen-bond donors (Lipinski definition) is 1. The lowest BCUT2D eigenvalue weighted by Gasteiger charge is -2.39. The maximum Gasteiger partial charge on any atom is 0.123 e. The van der Waals surface area contributed by atoms with Crippen LogP contribution in [0.1, 0.15) is 24.0 Å². The zero-order chi connectivity index (χ0) is 14.7. The van der Waals surface area contributed by atoms with Gasteiger partial charge >= 0.3 is 0 Å². The number of rotatable bonds is 3. The van der Waals surface area contributed by atoms with Crippen molar-refractivity contribution in [1.82, 2.24) is 4.90 Å². The highest BCUT2D eigenvalue weighted by Crippen LogP contribution is 2.32. The molecule has 3 rings (SSSR count). The Kier molecular flexibility index (Phi) is 4.04. The summed E-state index contributed by atoms with van der Waals surface area (Å²) in [5, 5.41) is 10.9. The van der Waals surface area contributed by atoms with Gasteiger partial charge in [0.05, 0.1) is 0 Å². The Morgan fingerprint density at radius 1 is 1.10 bits per heavy atom. The number of hydrogen-bond acceptors (Lipinski definition) is 2. The fourth-order valence-electron chi connectivity index (χ4n) is 3.11. The molecule has 0 amide bonds. The van der Waals surface area contributed by atoms with Gasteiger partial charge in [-0.25, -0.2) is 4.39 Å². The van der Waals surface area contributed by atoms with Gasteiger partial charge in [-0.1, -0.05) is 42.5 Å². The van der Waals surface area contributed by atoms with Gasteiger partial charge in [0, 0.05) is 13.1 Å². The van der Waals surface area contributed by atoms with E-state index in [9.17, 15) is 9.50 Å². The van der Waals surface area contributed by atoms with Gasteiger partial charge in [0.2, 0.25) is 0 Å². The van der Waals surface area contributed by atoms with Crippen LogP contribution in [0.15, 0.2) is 54.6 Å². The summed E-state index contributed by atoms with van der Waals surface area (Å²) in [4.78, 5) is 2.24. The third-order valence-corrected chi connectivity index (χ3v) is 4.16. The molecule has 2 aromatic rings. The lowest BCUT2D eigenvalue weighted by molar-refractivity contribution is -0.0383. The highest BCUT2D eigenvalue weighted by Gasteiger charge is 2.35. The van der Waals surface area contributed by atoms with E-state index in [-0.39, 0.29) is 5.82 Å². The topological polar surface area (TPSA) is 23.5 Å². The van der Waals surface area contributed by atoms with Crippen LogP contribution < -0.4 is 0 Å². The summed E-state index contributed by atoms with van der Waals surface area (Å²) in [6.45, 7) is 2.33. The molecule has 1 unspecified atom stereocenters. The number of halogens is 1. The molecule has 21 heavy (non-hydrogen) atoms. The van der Waals surface area contributed by atoms with Crippen LogP contribution in [0, 0.1) is 5.82 Å². The van der Waals surface area contributed by atoms with E-state index in [1.165, 1.54) is 17.7 Å². The largest absolute Gasteiger partial charge is 0.384 e. The minimum atomic E-state index is -0.949. The fraction of sp³-hybridized carbons (Fsp3) is 0.333. The number of aliphatic hydroxyl groups is 1. The lowest BCUT2D eigenvalue weighted by Crippen LogP contribution is -2.45. The average Bonchev–Trinajstić information content (AvgIpc) is 2.48. The molecule has 1 aliphatic heterocycles. The van der Waals surface area contributed by atoms with Gasteiger partial charge < -0.3 is 5.11 Å². The SMILES string of the molecule is OC1(c2cccc(F)c2)CCCN(Cc2ccccc2)C1. The molecule has 1 heterocycles. The number of piperidine rings is 1. The second-order valence-corrected chi connectivity index (χ2v) is 5.84. The maximum absolute atomic E-state index is 13.4. The monoisotopic (exact) mass is 285 g/mol. The van der Waals surface area contributed by atoms with Crippen LogP contribution >= 0.6 is 0 Å². The Hall–Kier alpha value is -1.71. The standard InChI is InChI=1S/C18H20FNO/c19-17-9-4-8-16(12-17)18(21)10-5-11-20(14-18)13-15-6-2-1-3-7-15/h1-4,6-9,12,21H,5,10-11,13-14H2. The van der Waals surface area contributed by atoms with Crippen molar-refractivity contribution in [1.29, 1.82) is 0 Å². The molecule has 0 radical (unpaired) electrons. The molecule has 0 aliphatic carbocycles. The minimum absolute atomic E-state index is 0.291. The predicted molar refractivity (Wildman–Crippen MR) is 81.2 cm³/mol. The maximum atomic E-state index is 13.4. The second kappa shape index (κ2) is 5.96. The molecular weight excluding hydrogens is 265 g/mol. The molecule has 3 heteroatoms. The highest BCUT2D eigenvalue weighted by atomic mass is 19.1. The van der Waals surface area contributed by atoms with Crippen LogP contribution in [0.3, 0.4) is 0 Å². The quantitative estimate of drug-likeness (QED) is 0.935. The van der Waals surface area contributed by atoms with Crippen LogP contribution in [0.2, 0.25) is 0 Å². The van der Waals surface area contributed by atoms with Gasteiger partial charge in [-0.15, -0.1) is 0 Å². The number of benzene rings is 2. The Morgan fingerprint density at radius 2 is 1.90 bits per heavy atom. The first-order valence-corrected chi connectivity index (χ1v) is 7.40. The molecule has 2 aromatic carbocycles. The van der Waals surface area contributed by atoms with Crippen molar-refractivity contribution >= 4 is 0 Å². The van der Waals surface area contributed by atoms with Gasteiger partial charge in [0.25, 0.3) is 0 Å². The van der Waals surface area contributed by atoms with Crippen molar-refractivity contribution in [3.8, 4) is 0 Å². The molecule has 0 aromatic heterocycles. The lowest BCUT2D eigenvalue weighted by atomic mass is 9.85. The summed E-state index contributed by atoms with van der Waals surface area (Å²) in [6, 6.07) is 16.6. The van der Waals surface area contributed by atoms with E-state index in [0.717, 1.165) is 19.5 Å². The average molecular weight is 285 g/mol. The summed E-state index contributed by atoms with van der Waals surface area (Å²) >= 11 is 0. The molecule has 1 atom stereocenters. The van der Waals surface area contributed by atoms with E-state index < -0.39 is 5.60 Å². The summed E-state index contributed by atoms with van der Waals surface area (Å²) < 4.78 is 13.4. The van der Waals surface area contributed by atoms with Crippen molar-refractivity contribution in [3.63, 3.8) is 0 Å². The van der Waals surface area contributed by atoms with Gasteiger partial charge in [0.1, 0.15) is 11.4 Å². The van der Waals surface area contributed by atoms with Crippen molar-refractivity contribution in [2.24, 2.45) is 0 Å². The van der Waals surface area contributed by atoms with E-state index in [1.54, 1.807) is 6.07 Å². The zero-order valence-electron chi connectivity index (χ0n) is 12.0. The minimum Gasteiger partial charge on any atom is -0.384 e. The Bertz CT molecular complexity index is 601. The third-order valence-electron chi connectivity index (χ3n) is 4.16. The normalized spacial score (nSPS) is 23.1. The fourth-order valence-corrected chi connectivity index (χ4v) is 3.11. The van der Waals surface area contributed by atoms with Crippen LogP contribution in [0.5, 0.6) is 0 Å². The smallest absolute Gasteiger partial charge is 0.123 e. The molecule has 1 N–H and O–H groups in total. The van der Waals surface area contributed by atoms with Crippen molar-refractivity contribution in [2.45, 2.75) is 25.0 Å². The third kappa shape index (κ3) is 3.31. The van der Waals surface area contributed by atoms with Gasteiger partial charge in [-0.3, -0.25) is 4.90 Å². The van der Waals surface area contributed by atoms with Crippen molar-refractivity contribution in [3.05, 3.63) is 71.5 Å². The number of nitrogens with zero attached hydrogens (tertiary/aromatic N) is 1. The number of β-amino-alcohol motifs (C(OH)–C–C–N with tert-alkyl or cyclic N) is 1. The predicted octanol–water partition coefficient (Wildman–Crippen LogP) is 3.31. The van der Waals surface area contributed by atoms with E-state index in [1.807, 2.05) is 24.3 Å². The van der Waals surface area contributed by atoms with Crippen LogP contribution in [0.4, 0.5) is 4.39 Å². The van der Waals surface area contributed by atoms with Gasteiger partial charge in [-0.05, 0) is 42.6 Å². The number of likely N-dealkylation sites (tertiary alicyclic amines) is 1. The second-order valence-electron chi connectivity index (χ2n) is 5.84. The molecule has 110 valence electrons. The molecule has 1 saturated heterocycles. The molecule has 1 fully saturated rings. The molecule has 2 nitrogen and oxygen atoms in total. The molecule has 1 aliphatic rings. The summed E-state index contributed by atoms with van der Waals surface area (Å²) in [7, 11) is 0. The molecule has 0 spiro atoms. The summed E-state index contributed by atoms with van der Waals surface area (Å²) in [5.41, 5.74) is 0.969. The van der Waals surface area contributed by atoms with Crippen molar-refractivity contribution < 1.29 is 9.50 Å². The van der Waals surface area contributed by atoms with Gasteiger partial charge in [-0.2, -0.15) is 0 Å². The highest BCUT2D eigenvalue weighted by molar-refractivity contribution is 5.24. The molecule has 0 saturated carbocycles. The Labute approximate surface area is 124 Å². The first-order valence-electron chi connectivity index (χ1n) is 7.40. The first kappa shape index (κ1) is 14.2. The van der Waals surface area contributed by atoms with Crippen molar-refractivity contribution in [2.75, 3.05) is 13.1 Å². The van der Waals surface area contributed by atoms with Gasteiger partial charge in [0.15, 0.2) is 0 Å². The zero-order valence-corrected chi connectivity index (χ0v) is 12.0. The molecule has 0 bridgehead atoms. The summed E-state index contributed by atoms with van der Waals surface area (Å²) in [6.07, 6.45) is 1.60. The van der Waals surface area contributed by atoms with Crippen LogP contribution in [-0.4, -0.2) is 23.1 Å². The van der Waals surface area contributed by atoms with E-state index >= 15 is 0 Å². The molecular formula is C18H20FNO. The first-order chi connectivity index (χ1) is 10.2. The van der Waals surface area contributed by atoms with E-state index in [0.29, 0.717) is 18.5 Å². The van der Waals surface area contributed by atoms with Crippen LogP contribution in [-0.2, 0) is 12.1 Å². The van der Waals surface area contributed by atoms with E-state index in [2.05, 4.69) is 17.0 Å². The Morgan fingerprint density at radius 3 is 2.67 bits per heavy atom. The van der Waals surface area contributed by atoms with Crippen LogP contribution in [0.25, 0.3) is 0 Å². The Balaban J connectivity index is 1.76. The van der Waals surface area contributed by atoms with E-state index in [4.69, 9.17) is 0 Å². The summed E-state index contributed by atoms with van der Waals surface area (Å²) in [5.74, 6) is -0.291.